The quantitative estimate of drug-likeness (QED) is 0.862. The summed E-state index contributed by atoms with van der Waals surface area (Å²) in [6.07, 6.45) is 0. The lowest BCUT2D eigenvalue weighted by Gasteiger charge is -2.20. The molecule has 0 bridgehead atoms. The summed E-state index contributed by atoms with van der Waals surface area (Å²) < 4.78 is 2.11. The number of alkyl halides is 1. The highest BCUT2D eigenvalue weighted by molar-refractivity contribution is 6.19. The van der Waals surface area contributed by atoms with Crippen molar-refractivity contribution in [2.45, 2.75) is 27.3 Å². The Hall–Kier alpha value is -1.55. The Bertz CT molecular complexity index is 619. The van der Waals surface area contributed by atoms with Crippen molar-refractivity contribution >= 4 is 28.5 Å². The average Bonchev–Trinajstić information content (AvgIpc) is 2.75. The van der Waals surface area contributed by atoms with E-state index in [0.717, 1.165) is 16.9 Å². The van der Waals surface area contributed by atoms with Crippen LogP contribution in [-0.2, 0) is 11.3 Å². The van der Waals surface area contributed by atoms with Gasteiger partial charge in [0, 0.05) is 19.0 Å². The molecule has 0 aliphatic rings. The minimum atomic E-state index is -0.534. The molecule has 0 saturated carbocycles. The lowest BCUT2D eigenvalue weighted by atomic mass is 9.95. The van der Waals surface area contributed by atoms with Crippen LogP contribution in [-0.4, -0.2) is 27.9 Å². The Kier molecular flexibility index (Phi) is 4.33. The zero-order valence-corrected chi connectivity index (χ0v) is 12.9. The first-order chi connectivity index (χ1) is 9.45. The number of hydrogen-bond donors (Lipinski definition) is 1. The van der Waals surface area contributed by atoms with Crippen molar-refractivity contribution < 1.29 is 4.79 Å². The molecule has 2 rings (SSSR count). The molecule has 0 atom stereocenters. The average molecular weight is 294 g/mol. The van der Waals surface area contributed by atoms with Gasteiger partial charge in [-0.1, -0.05) is 12.1 Å². The number of aromatic nitrogens is 2. The number of amides is 1. The van der Waals surface area contributed by atoms with Gasteiger partial charge in [-0.05, 0) is 32.9 Å². The molecule has 5 heteroatoms. The van der Waals surface area contributed by atoms with Crippen molar-refractivity contribution in [3.05, 3.63) is 30.1 Å². The van der Waals surface area contributed by atoms with Crippen LogP contribution in [0.4, 0.5) is 0 Å². The SMILES string of the molecule is Cc1nc2ccccc2n1CCNC(=O)C(C)(C)CCl. The topological polar surface area (TPSA) is 46.9 Å². The van der Waals surface area contributed by atoms with Gasteiger partial charge in [0.15, 0.2) is 0 Å². The minimum absolute atomic E-state index is 0.0189. The molecule has 1 aromatic carbocycles. The highest BCUT2D eigenvalue weighted by Gasteiger charge is 2.25. The predicted octanol–water partition coefficient (Wildman–Crippen LogP) is 2.73. The van der Waals surface area contributed by atoms with Crippen LogP contribution in [0.25, 0.3) is 11.0 Å². The summed E-state index contributed by atoms with van der Waals surface area (Å²) in [5.41, 5.74) is 1.54. The molecule has 0 aliphatic heterocycles. The van der Waals surface area contributed by atoms with Gasteiger partial charge in [0.1, 0.15) is 5.82 Å². The van der Waals surface area contributed by atoms with Crippen LogP contribution in [0.15, 0.2) is 24.3 Å². The maximum atomic E-state index is 12.0. The fourth-order valence-electron chi connectivity index (χ4n) is 2.06. The predicted molar refractivity (Wildman–Crippen MR) is 82.0 cm³/mol. The number of fused-ring (bicyclic) bond motifs is 1. The van der Waals surface area contributed by atoms with Gasteiger partial charge in [-0.3, -0.25) is 4.79 Å². The van der Waals surface area contributed by atoms with E-state index in [9.17, 15) is 4.79 Å². The number of carbonyl (C=O) groups excluding carboxylic acids is 1. The molecule has 20 heavy (non-hydrogen) atoms. The standard InChI is InChI=1S/C15H20ClN3O/c1-11-18-12-6-4-5-7-13(12)19(11)9-8-17-14(20)15(2,3)10-16/h4-7H,8-10H2,1-3H3,(H,17,20). The Labute approximate surface area is 124 Å². The van der Waals surface area contributed by atoms with Crippen LogP contribution in [0.1, 0.15) is 19.7 Å². The van der Waals surface area contributed by atoms with Gasteiger partial charge in [-0.15, -0.1) is 11.6 Å². The fraction of sp³-hybridized carbons (Fsp3) is 0.467. The number of hydrogen-bond acceptors (Lipinski definition) is 2. The molecule has 1 N–H and O–H groups in total. The number of carbonyl (C=O) groups is 1. The Morgan fingerprint density at radius 2 is 2.10 bits per heavy atom. The number of halogens is 1. The number of para-hydroxylation sites is 2. The zero-order valence-electron chi connectivity index (χ0n) is 12.1. The van der Waals surface area contributed by atoms with Crippen molar-refractivity contribution in [1.29, 1.82) is 0 Å². The van der Waals surface area contributed by atoms with Gasteiger partial charge < -0.3 is 9.88 Å². The van der Waals surface area contributed by atoms with Crippen LogP contribution in [0, 0.1) is 12.3 Å². The van der Waals surface area contributed by atoms with Crippen molar-refractivity contribution in [2.75, 3.05) is 12.4 Å². The van der Waals surface area contributed by atoms with Crippen LogP contribution in [0.5, 0.6) is 0 Å². The Balaban J connectivity index is 2.03. The summed E-state index contributed by atoms with van der Waals surface area (Å²) in [5.74, 6) is 1.25. The number of aryl methyl sites for hydroxylation is 1. The molecular formula is C15H20ClN3O. The summed E-state index contributed by atoms with van der Waals surface area (Å²) in [6.45, 7) is 6.93. The first kappa shape index (κ1) is 14.9. The number of benzene rings is 1. The van der Waals surface area contributed by atoms with Crippen molar-refractivity contribution in [3.63, 3.8) is 0 Å². The van der Waals surface area contributed by atoms with E-state index in [2.05, 4.69) is 14.9 Å². The maximum absolute atomic E-state index is 12.0. The molecule has 0 unspecified atom stereocenters. The minimum Gasteiger partial charge on any atom is -0.354 e. The van der Waals surface area contributed by atoms with Crippen molar-refractivity contribution in [2.24, 2.45) is 5.41 Å². The summed E-state index contributed by atoms with van der Waals surface area (Å²) in [4.78, 5) is 16.5. The van der Waals surface area contributed by atoms with Gasteiger partial charge in [-0.2, -0.15) is 0 Å². The van der Waals surface area contributed by atoms with Gasteiger partial charge in [0.2, 0.25) is 5.91 Å². The molecular weight excluding hydrogens is 274 g/mol. The van der Waals surface area contributed by atoms with Crippen LogP contribution in [0.3, 0.4) is 0 Å². The van der Waals surface area contributed by atoms with E-state index in [0.29, 0.717) is 19.0 Å². The van der Waals surface area contributed by atoms with Gasteiger partial charge in [0.05, 0.1) is 16.4 Å². The molecule has 108 valence electrons. The maximum Gasteiger partial charge on any atom is 0.226 e. The molecule has 0 spiro atoms. The van der Waals surface area contributed by atoms with E-state index < -0.39 is 5.41 Å². The summed E-state index contributed by atoms with van der Waals surface area (Å²) >= 11 is 5.79. The van der Waals surface area contributed by atoms with Gasteiger partial charge in [0.25, 0.3) is 0 Å². The second-order valence-corrected chi connectivity index (χ2v) is 5.84. The van der Waals surface area contributed by atoms with Crippen molar-refractivity contribution in [3.8, 4) is 0 Å². The van der Waals surface area contributed by atoms with Gasteiger partial charge >= 0.3 is 0 Å². The highest BCUT2D eigenvalue weighted by atomic mass is 35.5. The number of nitrogens with zero attached hydrogens (tertiary/aromatic N) is 2. The number of imidazole rings is 1. The molecule has 0 aliphatic carbocycles. The van der Waals surface area contributed by atoms with Crippen LogP contribution < -0.4 is 5.32 Å². The smallest absolute Gasteiger partial charge is 0.226 e. The molecule has 4 nitrogen and oxygen atoms in total. The van der Waals surface area contributed by atoms with Crippen molar-refractivity contribution in [1.82, 2.24) is 14.9 Å². The van der Waals surface area contributed by atoms with Crippen LogP contribution >= 0.6 is 11.6 Å². The van der Waals surface area contributed by atoms with E-state index in [1.54, 1.807) is 0 Å². The second-order valence-electron chi connectivity index (χ2n) is 5.57. The highest BCUT2D eigenvalue weighted by Crippen LogP contribution is 2.17. The van der Waals surface area contributed by atoms with E-state index >= 15 is 0 Å². The van der Waals surface area contributed by atoms with E-state index in [1.807, 2.05) is 45.0 Å². The molecule has 1 heterocycles. The molecule has 1 aromatic heterocycles. The summed E-state index contributed by atoms with van der Waals surface area (Å²) in [5, 5.41) is 2.93. The summed E-state index contributed by atoms with van der Waals surface area (Å²) in [6, 6.07) is 8.01. The first-order valence-corrected chi connectivity index (χ1v) is 7.25. The molecule has 0 fully saturated rings. The van der Waals surface area contributed by atoms with Crippen LogP contribution in [0.2, 0.25) is 0 Å². The molecule has 1 amide bonds. The number of nitrogens with one attached hydrogen (secondary N) is 1. The number of rotatable bonds is 5. The molecule has 0 saturated heterocycles. The lowest BCUT2D eigenvalue weighted by Crippen LogP contribution is -2.39. The Morgan fingerprint density at radius 3 is 2.80 bits per heavy atom. The normalized spacial score (nSPS) is 11.8. The fourth-order valence-corrected chi connectivity index (χ4v) is 2.18. The van der Waals surface area contributed by atoms with E-state index in [1.165, 1.54) is 0 Å². The van der Waals surface area contributed by atoms with E-state index in [4.69, 9.17) is 11.6 Å². The zero-order chi connectivity index (χ0) is 14.8. The third-order valence-corrected chi connectivity index (χ3v) is 4.08. The monoisotopic (exact) mass is 293 g/mol. The third-order valence-electron chi connectivity index (χ3n) is 3.42. The lowest BCUT2D eigenvalue weighted by molar-refractivity contribution is -0.128. The van der Waals surface area contributed by atoms with E-state index in [-0.39, 0.29) is 5.91 Å². The molecule has 0 radical (unpaired) electrons. The third kappa shape index (κ3) is 2.96. The first-order valence-electron chi connectivity index (χ1n) is 6.72. The van der Waals surface area contributed by atoms with Gasteiger partial charge in [-0.25, -0.2) is 4.98 Å². The summed E-state index contributed by atoms with van der Waals surface area (Å²) in [7, 11) is 0. The Morgan fingerprint density at radius 1 is 1.40 bits per heavy atom. The largest absolute Gasteiger partial charge is 0.354 e. The second kappa shape index (κ2) is 5.83. The molecule has 2 aromatic rings.